The molecule has 0 aliphatic heterocycles. The molecular formula is C16H15N3OS. The third-order valence-corrected chi connectivity index (χ3v) is 4.19. The summed E-state index contributed by atoms with van der Waals surface area (Å²) in [5.74, 6) is 0.860. The Morgan fingerprint density at radius 3 is 2.00 bits per heavy atom. The summed E-state index contributed by atoms with van der Waals surface area (Å²) in [5.41, 5.74) is 8.93. The maximum atomic E-state index is 5.56. The van der Waals surface area contributed by atoms with E-state index in [0.29, 0.717) is 6.54 Å². The molecule has 0 saturated heterocycles. The van der Waals surface area contributed by atoms with E-state index in [9.17, 15) is 0 Å². The first-order chi connectivity index (χ1) is 10.3. The van der Waals surface area contributed by atoms with Gasteiger partial charge in [0.1, 0.15) is 15.8 Å². The molecule has 0 unspecified atom stereocenters. The molecule has 3 aromatic rings. The van der Waals surface area contributed by atoms with Gasteiger partial charge in [-0.1, -0.05) is 47.7 Å². The number of aromatic nitrogens is 2. The number of nitrogens with zero attached hydrogens (tertiary/aromatic N) is 2. The first-order valence-corrected chi connectivity index (χ1v) is 7.39. The van der Waals surface area contributed by atoms with E-state index in [4.69, 9.17) is 10.5 Å². The van der Waals surface area contributed by atoms with Gasteiger partial charge in [0.2, 0.25) is 0 Å². The highest BCUT2D eigenvalue weighted by Crippen LogP contribution is 2.27. The third kappa shape index (κ3) is 2.94. The van der Waals surface area contributed by atoms with Crippen molar-refractivity contribution in [3.63, 3.8) is 0 Å². The van der Waals surface area contributed by atoms with Crippen molar-refractivity contribution in [2.75, 3.05) is 7.11 Å². The Morgan fingerprint density at radius 2 is 1.48 bits per heavy atom. The van der Waals surface area contributed by atoms with E-state index in [0.717, 1.165) is 32.5 Å². The van der Waals surface area contributed by atoms with Crippen molar-refractivity contribution >= 4 is 11.3 Å². The van der Waals surface area contributed by atoms with Crippen molar-refractivity contribution < 1.29 is 4.74 Å². The minimum absolute atomic E-state index is 0.432. The molecule has 0 spiro atoms. The minimum Gasteiger partial charge on any atom is -0.497 e. The molecule has 106 valence electrons. The molecule has 0 saturated carbocycles. The first-order valence-electron chi connectivity index (χ1n) is 6.57. The van der Waals surface area contributed by atoms with Crippen LogP contribution in [0.2, 0.25) is 0 Å². The van der Waals surface area contributed by atoms with Gasteiger partial charge in [0.15, 0.2) is 0 Å². The van der Waals surface area contributed by atoms with Crippen LogP contribution in [-0.2, 0) is 6.54 Å². The summed E-state index contributed by atoms with van der Waals surface area (Å²) in [6, 6.07) is 16.3. The summed E-state index contributed by atoms with van der Waals surface area (Å²) in [4.78, 5) is 0. The molecule has 0 fully saturated rings. The molecule has 0 atom stereocenters. The molecule has 0 aliphatic carbocycles. The fraction of sp³-hybridized carbons (Fsp3) is 0.125. The van der Waals surface area contributed by atoms with E-state index in [1.54, 1.807) is 7.11 Å². The molecule has 0 radical (unpaired) electrons. The largest absolute Gasteiger partial charge is 0.497 e. The van der Waals surface area contributed by atoms with E-state index in [1.165, 1.54) is 11.3 Å². The zero-order valence-corrected chi connectivity index (χ0v) is 12.4. The van der Waals surface area contributed by atoms with Crippen molar-refractivity contribution in [3.8, 4) is 27.4 Å². The topological polar surface area (TPSA) is 61.0 Å². The third-order valence-electron chi connectivity index (χ3n) is 3.20. The highest BCUT2D eigenvalue weighted by molar-refractivity contribution is 7.14. The van der Waals surface area contributed by atoms with Crippen molar-refractivity contribution in [1.29, 1.82) is 0 Å². The van der Waals surface area contributed by atoms with Crippen LogP contribution in [0.5, 0.6) is 5.75 Å². The average Bonchev–Trinajstić information content (AvgIpc) is 3.04. The number of ether oxygens (including phenoxy) is 1. The van der Waals surface area contributed by atoms with Crippen molar-refractivity contribution in [1.82, 2.24) is 10.2 Å². The number of hydrogen-bond donors (Lipinski definition) is 1. The predicted octanol–water partition coefficient (Wildman–Crippen LogP) is 3.34. The van der Waals surface area contributed by atoms with Gasteiger partial charge in [-0.25, -0.2) is 0 Å². The van der Waals surface area contributed by atoms with E-state index >= 15 is 0 Å². The highest BCUT2D eigenvalue weighted by atomic mass is 32.1. The van der Waals surface area contributed by atoms with Crippen LogP contribution in [0.3, 0.4) is 0 Å². The first kappa shape index (κ1) is 13.7. The molecule has 3 rings (SSSR count). The second-order valence-electron chi connectivity index (χ2n) is 4.51. The Bertz CT molecular complexity index is 720. The molecule has 21 heavy (non-hydrogen) atoms. The molecule has 0 amide bonds. The second-order valence-corrected chi connectivity index (χ2v) is 5.57. The maximum absolute atomic E-state index is 5.56. The van der Waals surface area contributed by atoms with Crippen LogP contribution in [0.1, 0.15) is 5.01 Å². The zero-order valence-electron chi connectivity index (χ0n) is 11.6. The van der Waals surface area contributed by atoms with E-state index in [-0.39, 0.29) is 0 Å². The number of rotatable bonds is 4. The Hall–Kier alpha value is -2.24. The smallest absolute Gasteiger partial charge is 0.147 e. The normalized spacial score (nSPS) is 10.6. The summed E-state index contributed by atoms with van der Waals surface area (Å²) in [6.07, 6.45) is 0. The molecular weight excluding hydrogens is 282 g/mol. The van der Waals surface area contributed by atoms with Crippen molar-refractivity contribution in [2.45, 2.75) is 6.54 Å². The molecule has 1 heterocycles. The van der Waals surface area contributed by atoms with Gasteiger partial charge in [-0.05, 0) is 23.3 Å². The molecule has 0 aliphatic rings. The summed E-state index contributed by atoms with van der Waals surface area (Å²) < 4.78 is 5.17. The Kier molecular flexibility index (Phi) is 3.94. The Labute approximate surface area is 127 Å². The van der Waals surface area contributed by atoms with Crippen LogP contribution in [0.4, 0.5) is 0 Å². The summed E-state index contributed by atoms with van der Waals surface area (Å²) >= 11 is 1.53. The number of methoxy groups -OCH3 is 1. The van der Waals surface area contributed by atoms with Crippen LogP contribution < -0.4 is 10.5 Å². The van der Waals surface area contributed by atoms with Gasteiger partial charge >= 0.3 is 0 Å². The fourth-order valence-electron chi connectivity index (χ4n) is 2.04. The number of benzene rings is 2. The SMILES string of the molecule is COc1ccc(-c2ccc(-c3nnc(CN)s3)cc2)cc1. The van der Waals surface area contributed by atoms with E-state index in [1.807, 2.05) is 24.3 Å². The lowest BCUT2D eigenvalue weighted by Gasteiger charge is -2.04. The maximum Gasteiger partial charge on any atom is 0.147 e. The molecule has 5 heteroatoms. The zero-order chi connectivity index (χ0) is 14.7. The predicted molar refractivity (Wildman–Crippen MR) is 85.2 cm³/mol. The van der Waals surface area contributed by atoms with Crippen molar-refractivity contribution in [2.24, 2.45) is 5.73 Å². The average molecular weight is 297 g/mol. The van der Waals surface area contributed by atoms with Gasteiger partial charge in [0.25, 0.3) is 0 Å². The van der Waals surface area contributed by atoms with E-state index in [2.05, 4.69) is 34.5 Å². The highest BCUT2D eigenvalue weighted by Gasteiger charge is 2.06. The van der Waals surface area contributed by atoms with Crippen molar-refractivity contribution in [3.05, 3.63) is 53.5 Å². The van der Waals surface area contributed by atoms with Crippen LogP contribution in [0, 0.1) is 0 Å². The fourth-order valence-corrected chi connectivity index (χ4v) is 2.77. The summed E-state index contributed by atoms with van der Waals surface area (Å²) in [5, 5.41) is 9.95. The molecule has 2 N–H and O–H groups in total. The summed E-state index contributed by atoms with van der Waals surface area (Å²) in [7, 11) is 1.67. The number of nitrogens with two attached hydrogens (primary N) is 1. The number of hydrogen-bond acceptors (Lipinski definition) is 5. The molecule has 2 aromatic carbocycles. The van der Waals surface area contributed by atoms with Gasteiger partial charge in [-0.2, -0.15) is 0 Å². The van der Waals surface area contributed by atoms with Gasteiger partial charge in [0, 0.05) is 12.1 Å². The van der Waals surface area contributed by atoms with Crippen LogP contribution in [0.25, 0.3) is 21.7 Å². The Morgan fingerprint density at radius 1 is 0.905 bits per heavy atom. The molecule has 0 bridgehead atoms. The van der Waals surface area contributed by atoms with Crippen LogP contribution >= 0.6 is 11.3 Å². The van der Waals surface area contributed by atoms with Gasteiger partial charge < -0.3 is 10.5 Å². The lowest BCUT2D eigenvalue weighted by molar-refractivity contribution is 0.415. The lowest BCUT2D eigenvalue weighted by Crippen LogP contribution is -1.94. The standard InChI is InChI=1S/C16H15N3OS/c1-20-14-8-6-12(7-9-14)11-2-4-13(5-3-11)16-19-18-15(10-17)21-16/h2-9H,10,17H2,1H3. The lowest BCUT2D eigenvalue weighted by atomic mass is 10.0. The van der Waals surface area contributed by atoms with Gasteiger partial charge in [-0.15, -0.1) is 10.2 Å². The van der Waals surface area contributed by atoms with Crippen LogP contribution in [-0.4, -0.2) is 17.3 Å². The van der Waals surface area contributed by atoms with Gasteiger partial charge in [-0.3, -0.25) is 0 Å². The van der Waals surface area contributed by atoms with E-state index < -0.39 is 0 Å². The quantitative estimate of drug-likeness (QED) is 0.802. The monoisotopic (exact) mass is 297 g/mol. The molecule has 4 nitrogen and oxygen atoms in total. The minimum atomic E-state index is 0.432. The second kappa shape index (κ2) is 6.03. The van der Waals surface area contributed by atoms with Crippen LogP contribution in [0.15, 0.2) is 48.5 Å². The summed E-state index contributed by atoms with van der Waals surface area (Å²) in [6.45, 7) is 0.432. The van der Waals surface area contributed by atoms with Gasteiger partial charge in [0.05, 0.1) is 7.11 Å². The Balaban J connectivity index is 1.85. The molecule has 1 aromatic heterocycles.